The molecule has 4 aliphatic rings. The van der Waals surface area contributed by atoms with Crippen molar-refractivity contribution in [3.63, 3.8) is 0 Å². The van der Waals surface area contributed by atoms with Gasteiger partial charge < -0.3 is 44.5 Å². The number of aliphatic hydroxyl groups is 5. The Kier molecular flexibility index (Phi) is 4.73. The van der Waals surface area contributed by atoms with E-state index in [-0.39, 0.29) is 24.4 Å². The third-order valence-electron chi connectivity index (χ3n) is 6.23. The summed E-state index contributed by atoms with van der Waals surface area (Å²) in [6.45, 7) is 1.54. The van der Waals surface area contributed by atoms with Crippen molar-refractivity contribution >= 4 is 5.97 Å². The van der Waals surface area contributed by atoms with Crippen molar-refractivity contribution in [2.75, 3.05) is 13.2 Å². The van der Waals surface area contributed by atoms with Gasteiger partial charge in [0, 0.05) is 5.92 Å². The Morgan fingerprint density at radius 3 is 2.50 bits per heavy atom. The van der Waals surface area contributed by atoms with Gasteiger partial charge in [-0.15, -0.1) is 0 Å². The zero-order valence-electron chi connectivity index (χ0n) is 14.1. The summed E-state index contributed by atoms with van der Waals surface area (Å²) in [7, 11) is 0. The average Bonchev–Trinajstić information content (AvgIpc) is 3.09. The first-order chi connectivity index (χ1) is 12.3. The van der Waals surface area contributed by atoms with Gasteiger partial charge in [0.2, 0.25) is 0 Å². The smallest absolute Gasteiger partial charge is 0.314 e. The van der Waals surface area contributed by atoms with E-state index in [1.54, 1.807) is 0 Å². The van der Waals surface area contributed by atoms with E-state index in [4.69, 9.17) is 18.9 Å². The van der Waals surface area contributed by atoms with E-state index < -0.39 is 67.7 Å². The molecule has 4 rings (SSSR count). The second-order valence-corrected chi connectivity index (χ2v) is 7.55. The minimum absolute atomic E-state index is 0.0545. The third-order valence-corrected chi connectivity index (χ3v) is 6.23. The van der Waals surface area contributed by atoms with Gasteiger partial charge in [-0.1, -0.05) is 6.92 Å². The summed E-state index contributed by atoms with van der Waals surface area (Å²) in [6, 6.07) is 0. The lowest BCUT2D eigenvalue weighted by Crippen LogP contribution is -2.60. The summed E-state index contributed by atoms with van der Waals surface area (Å²) in [4.78, 5) is 12.3. The first-order valence-electron chi connectivity index (χ1n) is 8.81. The monoisotopic (exact) mass is 376 g/mol. The molecule has 0 radical (unpaired) electrons. The molecule has 12 atom stereocenters. The van der Waals surface area contributed by atoms with Gasteiger partial charge in [0.05, 0.1) is 19.3 Å². The molecular formula is C16H24O10. The van der Waals surface area contributed by atoms with Crippen molar-refractivity contribution in [2.45, 2.75) is 56.1 Å². The van der Waals surface area contributed by atoms with Gasteiger partial charge in [-0.2, -0.15) is 0 Å². The molecule has 10 heteroatoms. The quantitative estimate of drug-likeness (QED) is 0.321. The maximum absolute atomic E-state index is 12.3. The number of hydrogen-bond acceptors (Lipinski definition) is 10. The molecule has 148 valence electrons. The van der Waals surface area contributed by atoms with Gasteiger partial charge in [-0.25, -0.2) is 0 Å². The Bertz CT molecular complexity index is 555. The highest BCUT2D eigenvalue weighted by atomic mass is 16.8. The highest BCUT2D eigenvalue weighted by molar-refractivity contribution is 5.76. The van der Waals surface area contributed by atoms with Crippen LogP contribution in [0.4, 0.5) is 0 Å². The Hall–Kier alpha value is -0.850. The second-order valence-electron chi connectivity index (χ2n) is 7.55. The molecule has 3 heterocycles. The molecule has 5 N–H and O–H groups in total. The summed E-state index contributed by atoms with van der Waals surface area (Å²) < 4.78 is 21.9. The number of esters is 1. The van der Waals surface area contributed by atoms with Crippen LogP contribution in [0.5, 0.6) is 0 Å². The fourth-order valence-electron chi connectivity index (χ4n) is 4.66. The van der Waals surface area contributed by atoms with E-state index in [0.29, 0.717) is 0 Å². The van der Waals surface area contributed by atoms with Crippen molar-refractivity contribution in [3.05, 3.63) is 0 Å². The van der Waals surface area contributed by atoms with Crippen LogP contribution < -0.4 is 0 Å². The molecule has 10 nitrogen and oxygen atoms in total. The summed E-state index contributed by atoms with van der Waals surface area (Å²) in [5, 5.41) is 49.3. The molecule has 0 bridgehead atoms. The molecule has 3 aliphatic heterocycles. The van der Waals surface area contributed by atoms with Crippen LogP contribution in [0.15, 0.2) is 0 Å². The zero-order valence-corrected chi connectivity index (χ0v) is 14.1. The Balaban J connectivity index is 1.51. The predicted molar refractivity (Wildman–Crippen MR) is 80.1 cm³/mol. The average molecular weight is 376 g/mol. The van der Waals surface area contributed by atoms with Gasteiger partial charge in [0.1, 0.15) is 36.4 Å². The molecule has 1 aliphatic carbocycles. The second kappa shape index (κ2) is 6.64. The van der Waals surface area contributed by atoms with Crippen LogP contribution >= 0.6 is 0 Å². The van der Waals surface area contributed by atoms with Gasteiger partial charge in [-0.3, -0.25) is 4.79 Å². The lowest BCUT2D eigenvalue weighted by atomic mass is 9.80. The van der Waals surface area contributed by atoms with E-state index in [1.807, 2.05) is 6.92 Å². The topological polar surface area (TPSA) is 155 Å². The standard InChI is InChI=1S/C16H24O10/c1-4-5-3-23-15(8-7(5)13(9(4)18)25-14(8)22)26-16-12(21)11(20)10(19)6(2-17)24-16/h4-13,15-21H,2-3H2,1H3. The number of carbonyl (C=O) groups is 1. The predicted octanol–water partition coefficient (Wildman–Crippen LogP) is -3.06. The number of carbonyl (C=O) groups excluding carboxylic acids is 1. The first-order valence-corrected chi connectivity index (χ1v) is 8.81. The maximum Gasteiger partial charge on any atom is 0.314 e. The van der Waals surface area contributed by atoms with E-state index in [2.05, 4.69) is 0 Å². The van der Waals surface area contributed by atoms with Crippen LogP contribution in [0.25, 0.3) is 0 Å². The van der Waals surface area contributed by atoms with Crippen LogP contribution in [0, 0.1) is 23.7 Å². The molecule has 0 spiro atoms. The lowest BCUT2D eigenvalue weighted by Gasteiger charge is -2.43. The molecule has 26 heavy (non-hydrogen) atoms. The molecule has 0 aromatic heterocycles. The fourth-order valence-corrected chi connectivity index (χ4v) is 4.66. The Morgan fingerprint density at radius 2 is 1.81 bits per heavy atom. The highest BCUT2D eigenvalue weighted by Crippen LogP contribution is 2.52. The summed E-state index contributed by atoms with van der Waals surface area (Å²) >= 11 is 0. The number of aliphatic hydroxyl groups excluding tert-OH is 5. The molecule has 12 unspecified atom stereocenters. The van der Waals surface area contributed by atoms with Crippen molar-refractivity contribution in [2.24, 2.45) is 23.7 Å². The minimum Gasteiger partial charge on any atom is -0.459 e. The van der Waals surface area contributed by atoms with Crippen LogP contribution in [0.1, 0.15) is 6.92 Å². The van der Waals surface area contributed by atoms with E-state index in [0.717, 1.165) is 0 Å². The van der Waals surface area contributed by atoms with Crippen LogP contribution in [0.3, 0.4) is 0 Å². The Morgan fingerprint density at radius 1 is 1.08 bits per heavy atom. The Labute approximate surface area is 149 Å². The molecule has 0 aromatic rings. The van der Waals surface area contributed by atoms with Crippen LogP contribution in [0.2, 0.25) is 0 Å². The van der Waals surface area contributed by atoms with Crippen molar-refractivity contribution < 1.29 is 49.3 Å². The van der Waals surface area contributed by atoms with Crippen molar-refractivity contribution in [1.82, 2.24) is 0 Å². The van der Waals surface area contributed by atoms with Gasteiger partial charge in [-0.05, 0) is 11.8 Å². The molecule has 0 amide bonds. The fraction of sp³-hybridized carbons (Fsp3) is 0.938. The molecule has 1 saturated carbocycles. The van der Waals surface area contributed by atoms with E-state index >= 15 is 0 Å². The van der Waals surface area contributed by atoms with Crippen LogP contribution in [-0.2, 0) is 23.7 Å². The summed E-state index contributed by atoms with van der Waals surface area (Å²) in [6.07, 6.45) is -9.67. The van der Waals surface area contributed by atoms with Gasteiger partial charge in [0.15, 0.2) is 12.6 Å². The van der Waals surface area contributed by atoms with Gasteiger partial charge >= 0.3 is 5.97 Å². The van der Waals surface area contributed by atoms with Crippen molar-refractivity contribution in [1.29, 1.82) is 0 Å². The zero-order chi connectivity index (χ0) is 18.7. The maximum atomic E-state index is 12.3. The molecule has 3 saturated heterocycles. The first kappa shape index (κ1) is 18.5. The largest absolute Gasteiger partial charge is 0.459 e. The van der Waals surface area contributed by atoms with E-state index in [9.17, 15) is 30.3 Å². The number of ether oxygens (including phenoxy) is 4. The van der Waals surface area contributed by atoms with E-state index in [1.165, 1.54) is 0 Å². The number of hydrogen-bond donors (Lipinski definition) is 5. The summed E-state index contributed by atoms with van der Waals surface area (Å²) in [5.41, 5.74) is 0. The lowest BCUT2D eigenvalue weighted by molar-refractivity contribution is -0.351. The third kappa shape index (κ3) is 2.60. The minimum atomic E-state index is -1.59. The van der Waals surface area contributed by atoms with Crippen LogP contribution in [-0.4, -0.2) is 93.9 Å². The van der Waals surface area contributed by atoms with Crippen molar-refractivity contribution in [3.8, 4) is 0 Å². The highest BCUT2D eigenvalue weighted by Gasteiger charge is 2.64. The molecule has 0 aromatic carbocycles. The molecular weight excluding hydrogens is 352 g/mol. The summed E-state index contributed by atoms with van der Waals surface area (Å²) in [5.74, 6) is -1.75. The SMILES string of the molecule is CC1C(O)C2OC(=O)C3C(OC4OC(CO)C(O)C(O)C4O)OCC1C23. The van der Waals surface area contributed by atoms with Gasteiger partial charge in [0.25, 0.3) is 0 Å². The number of rotatable bonds is 3. The normalized spacial score (nSPS) is 56.3. The molecule has 4 fully saturated rings.